The van der Waals surface area contributed by atoms with E-state index in [1.807, 2.05) is 54.6 Å². The van der Waals surface area contributed by atoms with E-state index in [9.17, 15) is 5.11 Å². The van der Waals surface area contributed by atoms with Gasteiger partial charge in [0.15, 0.2) is 0 Å². The fourth-order valence-electron chi connectivity index (χ4n) is 2.48. The van der Waals surface area contributed by atoms with Gasteiger partial charge in [0.25, 0.3) is 0 Å². The minimum atomic E-state index is -0.599. The SMILES string of the molecule is Cc1ccccc1COc1cc(/N=C/Nc2ccccc2)sc1C(C)O. The Bertz CT molecular complexity index is 873. The van der Waals surface area contributed by atoms with Crippen LogP contribution in [0.4, 0.5) is 10.7 Å². The first-order valence-electron chi connectivity index (χ1n) is 8.46. The average Bonchev–Trinajstić information content (AvgIpc) is 3.05. The van der Waals surface area contributed by atoms with Crippen LogP contribution in [0, 0.1) is 6.92 Å². The van der Waals surface area contributed by atoms with Crippen molar-refractivity contribution in [3.05, 3.63) is 76.7 Å². The molecule has 0 aliphatic carbocycles. The number of anilines is 1. The monoisotopic (exact) mass is 366 g/mol. The molecule has 0 amide bonds. The lowest BCUT2D eigenvalue weighted by Gasteiger charge is -2.10. The first-order valence-corrected chi connectivity index (χ1v) is 9.28. The lowest BCUT2D eigenvalue weighted by molar-refractivity contribution is 0.194. The van der Waals surface area contributed by atoms with E-state index in [0.717, 1.165) is 21.1 Å². The molecule has 0 saturated heterocycles. The molecule has 1 unspecified atom stereocenters. The molecule has 26 heavy (non-hydrogen) atoms. The van der Waals surface area contributed by atoms with Crippen LogP contribution in [-0.4, -0.2) is 11.4 Å². The zero-order valence-corrected chi connectivity index (χ0v) is 15.7. The zero-order valence-electron chi connectivity index (χ0n) is 14.8. The number of thiophene rings is 1. The number of aliphatic hydroxyl groups is 1. The van der Waals surface area contributed by atoms with Gasteiger partial charge in [-0.05, 0) is 37.1 Å². The maximum atomic E-state index is 10.0. The minimum absolute atomic E-state index is 0.467. The highest BCUT2D eigenvalue weighted by atomic mass is 32.1. The molecule has 0 bridgehead atoms. The first kappa shape index (κ1) is 18.2. The number of aryl methyl sites for hydroxylation is 1. The summed E-state index contributed by atoms with van der Waals surface area (Å²) in [6.45, 7) is 4.27. The maximum Gasteiger partial charge on any atom is 0.138 e. The molecule has 0 aliphatic heterocycles. The van der Waals surface area contributed by atoms with Gasteiger partial charge in [-0.3, -0.25) is 0 Å². The van der Waals surface area contributed by atoms with Crippen LogP contribution in [0.15, 0.2) is 65.7 Å². The Morgan fingerprint density at radius 3 is 2.62 bits per heavy atom. The third kappa shape index (κ3) is 4.71. The van der Waals surface area contributed by atoms with E-state index in [1.165, 1.54) is 16.9 Å². The first-order chi connectivity index (χ1) is 12.6. The van der Waals surface area contributed by atoms with E-state index in [-0.39, 0.29) is 0 Å². The van der Waals surface area contributed by atoms with Crippen molar-refractivity contribution < 1.29 is 9.84 Å². The fraction of sp³-hybridized carbons (Fsp3) is 0.190. The Kier molecular flexibility index (Phi) is 6.04. The van der Waals surface area contributed by atoms with Gasteiger partial charge in [0.1, 0.15) is 17.4 Å². The summed E-state index contributed by atoms with van der Waals surface area (Å²) in [6, 6.07) is 19.8. The number of rotatable bonds is 7. The van der Waals surface area contributed by atoms with Gasteiger partial charge < -0.3 is 15.2 Å². The van der Waals surface area contributed by atoms with Crippen molar-refractivity contribution >= 4 is 28.4 Å². The molecule has 2 aromatic carbocycles. The smallest absolute Gasteiger partial charge is 0.138 e. The Morgan fingerprint density at radius 1 is 1.15 bits per heavy atom. The van der Waals surface area contributed by atoms with Crippen molar-refractivity contribution in [3.63, 3.8) is 0 Å². The summed E-state index contributed by atoms with van der Waals surface area (Å²) in [5, 5.41) is 13.9. The van der Waals surface area contributed by atoms with Crippen molar-refractivity contribution in [3.8, 4) is 5.75 Å². The second kappa shape index (κ2) is 8.65. The summed E-state index contributed by atoms with van der Waals surface area (Å²) in [7, 11) is 0. The van der Waals surface area contributed by atoms with Gasteiger partial charge in [-0.1, -0.05) is 42.5 Å². The van der Waals surface area contributed by atoms with Crippen LogP contribution >= 0.6 is 11.3 Å². The molecular weight excluding hydrogens is 344 g/mol. The van der Waals surface area contributed by atoms with Crippen molar-refractivity contribution in [2.75, 3.05) is 5.32 Å². The summed E-state index contributed by atoms with van der Waals surface area (Å²) in [5.41, 5.74) is 3.29. The van der Waals surface area contributed by atoms with Gasteiger partial charge in [0.05, 0.1) is 17.3 Å². The predicted octanol–water partition coefficient (Wildman–Crippen LogP) is 5.46. The van der Waals surface area contributed by atoms with E-state index >= 15 is 0 Å². The maximum absolute atomic E-state index is 10.0. The molecule has 1 aromatic heterocycles. The minimum Gasteiger partial charge on any atom is -0.488 e. The molecule has 4 nitrogen and oxygen atoms in total. The molecule has 3 aromatic rings. The van der Waals surface area contributed by atoms with Crippen LogP contribution in [0.3, 0.4) is 0 Å². The molecule has 134 valence electrons. The quantitative estimate of drug-likeness (QED) is 0.431. The standard InChI is InChI=1S/C21H22N2O2S/c1-15-8-6-7-9-17(15)13-25-19-12-20(26-21(19)16(2)24)23-14-22-18-10-4-3-5-11-18/h3-12,14,16,24H,13H2,1-2H3,(H,22,23). The molecule has 0 radical (unpaired) electrons. The number of benzene rings is 2. The third-order valence-electron chi connectivity index (χ3n) is 3.93. The van der Waals surface area contributed by atoms with E-state index in [0.29, 0.717) is 12.4 Å². The Hall–Kier alpha value is -2.63. The number of nitrogens with zero attached hydrogens (tertiary/aromatic N) is 1. The topological polar surface area (TPSA) is 53.8 Å². The molecular formula is C21H22N2O2S. The van der Waals surface area contributed by atoms with E-state index in [4.69, 9.17) is 4.74 Å². The lowest BCUT2D eigenvalue weighted by Crippen LogP contribution is -1.99. The fourth-order valence-corrected chi connectivity index (χ4v) is 3.36. The number of hydrogen-bond donors (Lipinski definition) is 2. The molecule has 2 N–H and O–H groups in total. The van der Waals surface area contributed by atoms with Crippen LogP contribution in [0.1, 0.15) is 29.0 Å². The molecule has 0 fully saturated rings. The molecule has 0 aliphatic rings. The highest BCUT2D eigenvalue weighted by Crippen LogP contribution is 2.39. The van der Waals surface area contributed by atoms with Gasteiger partial charge >= 0.3 is 0 Å². The highest BCUT2D eigenvalue weighted by Gasteiger charge is 2.15. The summed E-state index contributed by atoms with van der Waals surface area (Å²) in [5.74, 6) is 0.681. The van der Waals surface area contributed by atoms with Gasteiger partial charge in [-0.15, -0.1) is 11.3 Å². The van der Waals surface area contributed by atoms with Crippen molar-refractivity contribution in [2.45, 2.75) is 26.6 Å². The number of nitrogens with one attached hydrogen (secondary N) is 1. The molecule has 5 heteroatoms. The Labute approximate surface area is 157 Å². The van der Waals surface area contributed by atoms with Crippen LogP contribution < -0.4 is 10.1 Å². The van der Waals surface area contributed by atoms with Gasteiger partial charge in [-0.25, -0.2) is 4.99 Å². The Morgan fingerprint density at radius 2 is 1.88 bits per heavy atom. The lowest BCUT2D eigenvalue weighted by atomic mass is 10.1. The predicted molar refractivity (Wildman–Crippen MR) is 109 cm³/mol. The normalized spacial score (nSPS) is 12.3. The van der Waals surface area contributed by atoms with E-state index < -0.39 is 6.10 Å². The number of ether oxygens (including phenoxy) is 1. The Balaban J connectivity index is 1.70. The third-order valence-corrected chi connectivity index (χ3v) is 5.13. The molecule has 0 spiro atoms. The van der Waals surface area contributed by atoms with Crippen LogP contribution in [-0.2, 0) is 6.61 Å². The molecule has 1 heterocycles. The van der Waals surface area contributed by atoms with Gasteiger partial charge in [0.2, 0.25) is 0 Å². The molecule has 1 atom stereocenters. The molecule has 3 rings (SSSR count). The van der Waals surface area contributed by atoms with Crippen molar-refractivity contribution in [1.82, 2.24) is 0 Å². The number of para-hydroxylation sites is 1. The summed E-state index contributed by atoms with van der Waals surface area (Å²) in [4.78, 5) is 5.21. The number of hydrogen-bond acceptors (Lipinski definition) is 4. The van der Waals surface area contributed by atoms with E-state index in [1.54, 1.807) is 13.3 Å². The second-order valence-electron chi connectivity index (χ2n) is 5.97. The highest BCUT2D eigenvalue weighted by molar-refractivity contribution is 7.16. The van der Waals surface area contributed by atoms with Gasteiger partial charge in [0, 0.05) is 11.8 Å². The van der Waals surface area contributed by atoms with Crippen LogP contribution in [0.25, 0.3) is 0 Å². The number of aliphatic hydroxyl groups excluding tert-OH is 1. The van der Waals surface area contributed by atoms with Crippen molar-refractivity contribution in [1.29, 1.82) is 0 Å². The zero-order chi connectivity index (χ0) is 18.4. The van der Waals surface area contributed by atoms with Crippen LogP contribution in [0.2, 0.25) is 0 Å². The van der Waals surface area contributed by atoms with E-state index in [2.05, 4.69) is 23.3 Å². The summed E-state index contributed by atoms with van der Waals surface area (Å²) >= 11 is 1.43. The largest absolute Gasteiger partial charge is 0.488 e. The summed E-state index contributed by atoms with van der Waals surface area (Å²) in [6.07, 6.45) is 1.05. The summed E-state index contributed by atoms with van der Waals surface area (Å²) < 4.78 is 5.97. The number of aliphatic imine (C=N–C) groups is 1. The van der Waals surface area contributed by atoms with Crippen molar-refractivity contribution in [2.24, 2.45) is 4.99 Å². The van der Waals surface area contributed by atoms with Crippen LogP contribution in [0.5, 0.6) is 5.75 Å². The van der Waals surface area contributed by atoms with Gasteiger partial charge in [-0.2, -0.15) is 0 Å². The molecule has 0 saturated carbocycles. The average molecular weight is 366 g/mol. The second-order valence-corrected chi connectivity index (χ2v) is 7.04.